The van der Waals surface area contributed by atoms with E-state index < -0.39 is 40.7 Å². The summed E-state index contributed by atoms with van der Waals surface area (Å²) >= 11 is 5.90. The molecule has 1 aromatic carbocycles. The van der Waals surface area contributed by atoms with Gasteiger partial charge in [0.25, 0.3) is 5.91 Å². The van der Waals surface area contributed by atoms with Gasteiger partial charge in [-0.1, -0.05) is 32.4 Å². The summed E-state index contributed by atoms with van der Waals surface area (Å²) in [6.45, 7) is 11.2. The normalized spacial score (nSPS) is 28.9. The minimum absolute atomic E-state index is 0.0282. The average Bonchev–Trinajstić information content (AvgIpc) is 3.60. The number of fused-ring (bicyclic) bond motifs is 1. The largest absolute Gasteiger partial charge is 0.444 e. The standard InChI is InChI=1S/C32H43ClFN5O5/c1-30(2,3)28-38(8)27(41)25(39(28)29(42)44-31(4,5)6)32(43)14-18-11-17(12-19(18)15-32)23-24(37(7)16-35-23)26(40)36-20-9-10-22(34)21(33)13-20/h9-10,13,16-19,25,28,43H,11-12,14-15H2,1-8H3,(H,36,40)/t17?,18?,19?,25-,28+,32?/m0/s1. The highest BCUT2D eigenvalue weighted by molar-refractivity contribution is 6.31. The molecule has 12 heteroatoms. The summed E-state index contributed by atoms with van der Waals surface area (Å²) in [4.78, 5) is 48.3. The van der Waals surface area contributed by atoms with Crippen molar-refractivity contribution in [3.05, 3.63) is 46.8 Å². The van der Waals surface area contributed by atoms with Gasteiger partial charge < -0.3 is 24.6 Å². The van der Waals surface area contributed by atoms with Gasteiger partial charge in [0.15, 0.2) is 0 Å². The number of carbonyl (C=O) groups is 3. The molecule has 240 valence electrons. The molecule has 1 aromatic heterocycles. The maximum absolute atomic E-state index is 13.8. The topological polar surface area (TPSA) is 117 Å². The van der Waals surface area contributed by atoms with Crippen LogP contribution in [0, 0.1) is 23.1 Å². The molecule has 10 nitrogen and oxygen atoms in total. The van der Waals surface area contributed by atoms with Crippen LogP contribution in [0.5, 0.6) is 0 Å². The zero-order chi connectivity index (χ0) is 32.5. The molecule has 2 aromatic rings. The minimum atomic E-state index is -1.42. The number of ether oxygens (including phenoxy) is 1. The van der Waals surface area contributed by atoms with E-state index in [1.807, 2.05) is 20.8 Å². The molecule has 3 amide bonds. The number of aromatic nitrogens is 2. The molecular weight excluding hydrogens is 589 g/mol. The fourth-order valence-electron chi connectivity index (χ4n) is 7.70. The smallest absolute Gasteiger partial charge is 0.412 e. The molecule has 1 aliphatic heterocycles. The lowest BCUT2D eigenvalue weighted by atomic mass is 9.85. The number of nitrogens with one attached hydrogen (secondary N) is 1. The first kappa shape index (κ1) is 32.2. The van der Waals surface area contributed by atoms with Gasteiger partial charge in [0, 0.05) is 31.1 Å². The van der Waals surface area contributed by atoms with Crippen molar-refractivity contribution in [2.24, 2.45) is 24.3 Å². The van der Waals surface area contributed by atoms with Gasteiger partial charge in [-0.05, 0) is 76.5 Å². The Morgan fingerprint density at radius 1 is 1.11 bits per heavy atom. The molecule has 3 aliphatic rings. The van der Waals surface area contributed by atoms with Gasteiger partial charge in [-0.15, -0.1) is 0 Å². The molecule has 3 fully saturated rings. The zero-order valence-corrected chi connectivity index (χ0v) is 27.4. The predicted octanol–water partition coefficient (Wildman–Crippen LogP) is 5.55. The lowest BCUT2D eigenvalue weighted by Crippen LogP contribution is -2.58. The lowest BCUT2D eigenvalue weighted by molar-refractivity contribution is -0.135. The number of carbonyl (C=O) groups excluding carboxylic acids is 3. The van der Waals surface area contributed by atoms with E-state index in [1.54, 1.807) is 50.7 Å². The Bertz CT molecular complexity index is 1470. The van der Waals surface area contributed by atoms with Gasteiger partial charge in [-0.25, -0.2) is 14.2 Å². The van der Waals surface area contributed by atoms with Crippen molar-refractivity contribution in [1.29, 1.82) is 0 Å². The molecule has 4 atom stereocenters. The van der Waals surface area contributed by atoms with Crippen molar-refractivity contribution in [2.75, 3.05) is 12.4 Å². The highest BCUT2D eigenvalue weighted by Crippen LogP contribution is 2.56. The van der Waals surface area contributed by atoms with Gasteiger partial charge >= 0.3 is 6.09 Å². The van der Waals surface area contributed by atoms with Crippen LogP contribution in [0.1, 0.15) is 89.3 Å². The number of rotatable bonds is 4. The number of halogens is 2. The summed E-state index contributed by atoms with van der Waals surface area (Å²) in [6, 6.07) is 2.94. The number of hydrogen-bond donors (Lipinski definition) is 2. The number of amides is 3. The average molecular weight is 632 g/mol. The maximum Gasteiger partial charge on any atom is 0.412 e. The van der Waals surface area contributed by atoms with Crippen LogP contribution in [-0.2, 0) is 16.6 Å². The fourth-order valence-corrected chi connectivity index (χ4v) is 7.89. The molecule has 2 N–H and O–H groups in total. The van der Waals surface area contributed by atoms with Crippen molar-refractivity contribution >= 4 is 35.2 Å². The van der Waals surface area contributed by atoms with Crippen LogP contribution in [0.3, 0.4) is 0 Å². The predicted molar refractivity (Wildman–Crippen MR) is 164 cm³/mol. The van der Waals surface area contributed by atoms with E-state index in [1.165, 1.54) is 23.1 Å². The number of anilines is 1. The van der Waals surface area contributed by atoms with Crippen molar-refractivity contribution < 1.29 is 28.6 Å². The summed E-state index contributed by atoms with van der Waals surface area (Å²) in [5, 5.41) is 14.9. The van der Waals surface area contributed by atoms with Gasteiger partial charge in [0.2, 0.25) is 5.91 Å². The van der Waals surface area contributed by atoms with E-state index >= 15 is 0 Å². The number of aliphatic hydroxyl groups is 1. The van der Waals surface area contributed by atoms with Crippen molar-refractivity contribution in [3.8, 4) is 0 Å². The molecule has 0 spiro atoms. The molecule has 2 unspecified atom stereocenters. The highest BCUT2D eigenvalue weighted by Gasteiger charge is 2.63. The number of imidazole rings is 1. The van der Waals surface area contributed by atoms with Gasteiger partial charge in [-0.3, -0.25) is 14.5 Å². The Kier molecular flexibility index (Phi) is 8.06. The maximum atomic E-state index is 13.8. The van der Waals surface area contributed by atoms with E-state index in [0.717, 1.165) is 0 Å². The van der Waals surface area contributed by atoms with Crippen LogP contribution in [0.15, 0.2) is 24.5 Å². The molecule has 5 rings (SSSR count). The molecule has 2 saturated carbocycles. The van der Waals surface area contributed by atoms with E-state index in [0.29, 0.717) is 42.8 Å². The Morgan fingerprint density at radius 3 is 2.27 bits per heavy atom. The second kappa shape index (κ2) is 11.0. The fraction of sp³-hybridized carbons (Fsp3) is 0.625. The first-order chi connectivity index (χ1) is 20.3. The summed E-state index contributed by atoms with van der Waals surface area (Å²) in [7, 11) is 3.43. The minimum Gasteiger partial charge on any atom is -0.444 e. The Morgan fingerprint density at radius 2 is 1.73 bits per heavy atom. The van der Waals surface area contributed by atoms with Crippen LogP contribution >= 0.6 is 11.6 Å². The van der Waals surface area contributed by atoms with E-state index in [2.05, 4.69) is 10.3 Å². The van der Waals surface area contributed by atoms with E-state index in [4.69, 9.17) is 16.3 Å². The third-order valence-electron chi connectivity index (χ3n) is 9.20. The second-order valence-electron chi connectivity index (χ2n) is 14.9. The van der Waals surface area contributed by atoms with E-state index in [9.17, 15) is 23.9 Å². The molecule has 44 heavy (non-hydrogen) atoms. The van der Waals surface area contributed by atoms with Gasteiger partial charge in [0.1, 0.15) is 29.3 Å². The number of benzene rings is 1. The van der Waals surface area contributed by atoms with Gasteiger partial charge in [-0.2, -0.15) is 0 Å². The quantitative estimate of drug-likeness (QED) is 0.457. The summed E-state index contributed by atoms with van der Waals surface area (Å²) in [5.41, 5.74) is -1.24. The number of nitrogens with zero attached hydrogens (tertiary/aromatic N) is 4. The number of hydrogen-bond acceptors (Lipinski definition) is 6. The van der Waals surface area contributed by atoms with Crippen LogP contribution < -0.4 is 5.32 Å². The molecular formula is C32H43ClFN5O5. The van der Waals surface area contributed by atoms with Crippen molar-refractivity contribution in [2.45, 2.75) is 96.6 Å². The Balaban J connectivity index is 1.36. The molecule has 1 saturated heterocycles. The Labute approximate surface area is 262 Å². The van der Waals surface area contributed by atoms with Crippen LogP contribution in [-0.4, -0.2) is 72.8 Å². The van der Waals surface area contributed by atoms with E-state index in [-0.39, 0.29) is 34.6 Å². The summed E-state index contributed by atoms with van der Waals surface area (Å²) < 4.78 is 21.1. The highest BCUT2D eigenvalue weighted by atomic mass is 35.5. The van der Waals surface area contributed by atoms with Crippen LogP contribution in [0.2, 0.25) is 5.02 Å². The summed E-state index contributed by atoms with van der Waals surface area (Å²) in [6.07, 6.45) is 2.45. The molecule has 2 aliphatic carbocycles. The summed E-state index contributed by atoms with van der Waals surface area (Å²) in [5.74, 6) is -1.12. The number of likely N-dealkylation sites (N-methyl/N-ethyl adjacent to an activating group) is 1. The van der Waals surface area contributed by atoms with Crippen LogP contribution in [0.4, 0.5) is 14.9 Å². The van der Waals surface area contributed by atoms with Gasteiger partial charge in [0.05, 0.1) is 22.6 Å². The second-order valence-corrected chi connectivity index (χ2v) is 15.3. The van der Waals surface area contributed by atoms with Crippen molar-refractivity contribution in [3.63, 3.8) is 0 Å². The lowest BCUT2D eigenvalue weighted by Gasteiger charge is -2.42. The third kappa shape index (κ3) is 5.80. The van der Waals surface area contributed by atoms with Crippen LogP contribution in [0.25, 0.3) is 0 Å². The third-order valence-corrected chi connectivity index (χ3v) is 9.48. The molecule has 2 heterocycles. The first-order valence-electron chi connectivity index (χ1n) is 15.1. The molecule has 0 bridgehead atoms. The monoisotopic (exact) mass is 631 g/mol. The first-order valence-corrected chi connectivity index (χ1v) is 15.5. The SMILES string of the molecule is CN1C(=O)[C@@H](C2(O)CC3CC(c4ncn(C)c4C(=O)Nc4ccc(F)c(Cl)c4)CC3C2)N(C(=O)OC(C)(C)C)[C@@H]1C(C)(C)C. The number of aryl methyl sites for hydroxylation is 1. The van der Waals surface area contributed by atoms with Crippen molar-refractivity contribution in [1.82, 2.24) is 19.4 Å². The Hall–Kier alpha value is -3.18. The zero-order valence-electron chi connectivity index (χ0n) is 26.6. The molecule has 0 radical (unpaired) electrons.